The van der Waals surface area contributed by atoms with Gasteiger partial charge < -0.3 is 34.3 Å². The first-order valence-electron chi connectivity index (χ1n) is 13.8. The molecule has 4 atom stereocenters. The Bertz CT molecular complexity index is 1600. The molecule has 2 saturated heterocycles. The quantitative estimate of drug-likeness (QED) is 0.166. The maximum absolute atomic E-state index is 14.1. The number of rotatable bonds is 7. The number of fused-ring (bicyclic) bond motifs is 3. The number of imide groups is 1. The van der Waals surface area contributed by atoms with Crippen LogP contribution in [0.3, 0.4) is 0 Å². The van der Waals surface area contributed by atoms with E-state index in [2.05, 4.69) is 0 Å². The number of amides is 2. The maximum Gasteiger partial charge on any atom is 0.488 e. The van der Waals surface area contributed by atoms with Crippen molar-refractivity contribution in [3.05, 3.63) is 86.9 Å². The van der Waals surface area contributed by atoms with E-state index in [0.717, 1.165) is 4.90 Å². The minimum absolute atomic E-state index is 0.00990. The van der Waals surface area contributed by atoms with Crippen LogP contribution in [-0.2, 0) is 14.2 Å². The molecule has 3 aliphatic rings. The molecule has 0 radical (unpaired) electrons. The van der Waals surface area contributed by atoms with Crippen LogP contribution in [0.4, 0.5) is 5.69 Å². The van der Waals surface area contributed by atoms with Gasteiger partial charge >= 0.3 is 14.2 Å². The van der Waals surface area contributed by atoms with Gasteiger partial charge in [-0.3, -0.25) is 14.5 Å². The zero-order valence-corrected chi connectivity index (χ0v) is 25.2. The average Bonchev–Trinajstić information content (AvgIpc) is 3.26. The van der Waals surface area contributed by atoms with Gasteiger partial charge in [0.15, 0.2) is 11.5 Å². The van der Waals surface area contributed by atoms with Gasteiger partial charge in [-0.2, -0.15) is 0 Å². The number of carbonyl (C=O) groups is 2. The van der Waals surface area contributed by atoms with Gasteiger partial charge in [-0.1, -0.05) is 30.3 Å². The molecule has 13 heteroatoms. The van der Waals surface area contributed by atoms with Crippen LogP contribution in [0.25, 0.3) is 0 Å². The molecule has 43 heavy (non-hydrogen) atoms. The summed E-state index contributed by atoms with van der Waals surface area (Å²) in [6.45, 7) is 0.0999. The molecule has 3 aromatic rings. The van der Waals surface area contributed by atoms with Crippen LogP contribution in [0, 0.1) is 21.3 Å². The van der Waals surface area contributed by atoms with E-state index in [1.807, 2.05) is 52.9 Å². The fourth-order valence-corrected chi connectivity index (χ4v) is 7.09. The van der Waals surface area contributed by atoms with Crippen molar-refractivity contribution in [1.29, 1.82) is 0 Å². The van der Waals surface area contributed by atoms with Gasteiger partial charge in [-0.25, -0.2) is 0 Å². The van der Waals surface area contributed by atoms with Crippen molar-refractivity contribution < 1.29 is 43.9 Å². The van der Waals surface area contributed by atoms with E-state index < -0.39 is 49.9 Å². The number of aromatic hydroxyl groups is 1. The summed E-state index contributed by atoms with van der Waals surface area (Å²) < 4.78 is 18.0. The summed E-state index contributed by atoms with van der Waals surface area (Å²) in [5, 5.41) is 41.2. The molecule has 0 saturated carbocycles. The van der Waals surface area contributed by atoms with Gasteiger partial charge in [0.25, 0.3) is 0 Å². The van der Waals surface area contributed by atoms with Crippen molar-refractivity contribution in [3.8, 4) is 17.2 Å². The second-order valence-electron chi connectivity index (χ2n) is 10.9. The Kier molecular flexibility index (Phi) is 8.26. The summed E-state index contributed by atoms with van der Waals surface area (Å²) >= 11 is 1.99. The normalized spacial score (nSPS) is 23.3. The Labute approximate surface area is 262 Å². The van der Waals surface area contributed by atoms with Gasteiger partial charge in [0, 0.05) is 0 Å². The van der Waals surface area contributed by atoms with Crippen LogP contribution >= 0.6 is 22.6 Å². The zero-order valence-electron chi connectivity index (χ0n) is 23.1. The molecule has 4 N–H and O–H groups in total. The number of nitrogens with zero attached hydrogens (tertiary/aromatic N) is 1. The highest BCUT2D eigenvalue weighted by Gasteiger charge is 2.58. The van der Waals surface area contributed by atoms with Crippen molar-refractivity contribution in [2.45, 2.75) is 18.9 Å². The lowest BCUT2D eigenvalue weighted by Gasteiger charge is -2.42. The minimum Gasteiger partial charge on any atom is -0.504 e. The first-order chi connectivity index (χ1) is 20.7. The highest BCUT2D eigenvalue weighted by Crippen LogP contribution is 2.52. The van der Waals surface area contributed by atoms with Gasteiger partial charge in [0.1, 0.15) is 12.4 Å². The Morgan fingerprint density at radius 3 is 2.53 bits per heavy atom. The fourth-order valence-electron chi connectivity index (χ4n) is 6.46. The van der Waals surface area contributed by atoms with Gasteiger partial charge in [-0.15, -0.1) is 0 Å². The third kappa shape index (κ3) is 5.44. The van der Waals surface area contributed by atoms with E-state index in [1.54, 1.807) is 24.3 Å². The third-order valence-electron chi connectivity index (χ3n) is 8.44. The van der Waals surface area contributed by atoms with E-state index >= 15 is 0 Å². The molecule has 2 fully saturated rings. The third-order valence-corrected chi connectivity index (χ3v) is 9.26. The molecule has 0 unspecified atom stereocenters. The van der Waals surface area contributed by atoms with Crippen LogP contribution in [0.2, 0.25) is 0 Å². The maximum atomic E-state index is 14.1. The van der Waals surface area contributed by atoms with Crippen molar-refractivity contribution in [2.75, 3.05) is 18.6 Å². The van der Waals surface area contributed by atoms with E-state index in [-0.39, 0.29) is 42.1 Å². The largest absolute Gasteiger partial charge is 0.504 e. The number of allylic oxidation sites excluding steroid dienone is 1. The Hall–Kier alpha value is -3.36. The molecular formula is C30H28B2INO9. The second kappa shape index (κ2) is 12.0. The number of ether oxygens (including phenoxy) is 2. The number of carbonyl (C=O) groups excluding carboxylic acids is 2. The van der Waals surface area contributed by atoms with Crippen LogP contribution in [0.15, 0.2) is 77.8 Å². The fraction of sp³-hybridized carbons (Fsp3) is 0.267. The summed E-state index contributed by atoms with van der Waals surface area (Å²) in [5.74, 6) is -1.98. The molecule has 2 heterocycles. The number of benzene rings is 3. The highest BCUT2D eigenvalue weighted by molar-refractivity contribution is 14.1. The second-order valence-corrected chi connectivity index (χ2v) is 12.0. The summed E-state index contributed by atoms with van der Waals surface area (Å²) in [6, 6.07) is 18.6. The lowest BCUT2D eigenvalue weighted by Crippen LogP contribution is -2.45. The van der Waals surface area contributed by atoms with E-state index in [9.17, 15) is 29.8 Å². The highest BCUT2D eigenvalue weighted by atomic mass is 127. The first-order valence-corrected chi connectivity index (χ1v) is 14.9. The lowest BCUT2D eigenvalue weighted by atomic mass is 9.55. The van der Waals surface area contributed by atoms with Crippen LogP contribution < -0.4 is 19.8 Å². The van der Waals surface area contributed by atoms with Gasteiger partial charge in [0.05, 0.1) is 34.3 Å². The molecule has 3 aromatic carbocycles. The molecular weight excluding hydrogens is 667 g/mol. The molecule has 2 aliphatic heterocycles. The molecule has 0 bridgehead atoms. The lowest BCUT2D eigenvalue weighted by molar-refractivity contribution is -0.123. The van der Waals surface area contributed by atoms with Crippen molar-refractivity contribution >= 4 is 59.8 Å². The first kappa shape index (κ1) is 29.7. The van der Waals surface area contributed by atoms with Gasteiger partial charge in [0.2, 0.25) is 11.8 Å². The van der Waals surface area contributed by atoms with Crippen molar-refractivity contribution in [2.24, 2.45) is 17.8 Å². The number of anilines is 1. The predicted molar refractivity (Wildman–Crippen MR) is 167 cm³/mol. The van der Waals surface area contributed by atoms with Crippen molar-refractivity contribution in [1.82, 2.24) is 0 Å². The number of methoxy groups -OCH3 is 1. The standard InChI is InChI=1S/C30H28B2INO9/c1-41-25-12-16(11-23(33)28(25)35)24-14-21-26-22(29(36)34(30(26)37)19-7-5-6-18(13-19)31(38)39)10-17(27(21)32(40)43-24)15-42-20-8-3-2-4-9-20/h2-9,11-13,21-22,24,26,35,38-40H,10,14-15H2,1H3/t21-,22-,24-,26+/m0/s1. The molecule has 2 amide bonds. The Morgan fingerprint density at radius 1 is 1.05 bits per heavy atom. The number of phenols is 1. The molecule has 10 nitrogen and oxygen atoms in total. The van der Waals surface area contributed by atoms with E-state index in [0.29, 0.717) is 25.9 Å². The Balaban J connectivity index is 1.39. The molecule has 0 aromatic heterocycles. The summed E-state index contributed by atoms with van der Waals surface area (Å²) in [4.78, 5) is 29.1. The SMILES string of the molecule is COc1cc([C@@H]2C[C@@H]3C(=C(COc4ccccc4)C[C@@H]4C(=O)N(c5cccc(B(O)O)c5)C(=O)[C@@H]43)B(O)O2)cc(I)c1O. The van der Waals surface area contributed by atoms with Crippen molar-refractivity contribution in [3.63, 3.8) is 0 Å². The zero-order chi connectivity index (χ0) is 30.4. The summed E-state index contributed by atoms with van der Waals surface area (Å²) in [7, 11) is -1.68. The number of para-hydroxylation sites is 1. The Morgan fingerprint density at radius 2 is 1.81 bits per heavy atom. The monoisotopic (exact) mass is 695 g/mol. The topological polar surface area (TPSA) is 146 Å². The molecule has 0 spiro atoms. The van der Waals surface area contributed by atoms with Crippen LogP contribution in [0.1, 0.15) is 24.5 Å². The summed E-state index contributed by atoms with van der Waals surface area (Å²) in [5.41, 5.74) is 2.29. The van der Waals surface area contributed by atoms with E-state index in [4.69, 9.17) is 14.1 Å². The van der Waals surface area contributed by atoms with Crippen LogP contribution in [-0.4, -0.2) is 59.9 Å². The van der Waals surface area contributed by atoms with E-state index in [1.165, 1.54) is 19.2 Å². The number of hydrogen-bond acceptors (Lipinski definition) is 9. The molecule has 6 rings (SSSR count). The van der Waals surface area contributed by atoms with Gasteiger partial charge in [-0.05, 0) is 99.8 Å². The smallest absolute Gasteiger partial charge is 0.488 e. The van der Waals surface area contributed by atoms with Crippen LogP contribution in [0.5, 0.6) is 17.2 Å². The summed E-state index contributed by atoms with van der Waals surface area (Å²) in [6.07, 6.45) is -0.177. The molecule has 220 valence electrons. The molecule has 1 aliphatic carbocycles. The average molecular weight is 695 g/mol. The number of halogens is 1. The predicted octanol–water partition coefficient (Wildman–Crippen LogP) is 2.37. The number of hydrogen-bond donors (Lipinski definition) is 4. The number of phenolic OH excluding ortho intramolecular Hbond substituents is 1. The minimum atomic E-state index is -1.76.